The predicted octanol–water partition coefficient (Wildman–Crippen LogP) is 3.04. The van der Waals surface area contributed by atoms with Crippen LogP contribution in [0.1, 0.15) is 5.56 Å². The summed E-state index contributed by atoms with van der Waals surface area (Å²) in [5, 5.41) is 8.95. The van der Waals surface area contributed by atoms with Gasteiger partial charge in [0.15, 0.2) is 0 Å². The summed E-state index contributed by atoms with van der Waals surface area (Å²) in [6.07, 6.45) is 2.54. The minimum atomic E-state index is -0.977. The van der Waals surface area contributed by atoms with Gasteiger partial charge in [-0.2, -0.15) is 0 Å². The molecule has 0 fully saturated rings. The van der Waals surface area contributed by atoms with Crippen LogP contribution in [0.25, 0.3) is 6.08 Å². The number of carbonyl (C=O) groups is 1. The van der Waals surface area contributed by atoms with Gasteiger partial charge in [0.25, 0.3) is 0 Å². The molecular weight excluding hydrogens is 302 g/mol. The molecule has 0 aromatic heterocycles. The van der Waals surface area contributed by atoms with E-state index in [2.05, 4.69) is 22.6 Å². The first-order chi connectivity index (χ1) is 6.09. The molecule has 0 saturated carbocycles. The maximum Gasteiger partial charge on any atom is 0.328 e. The van der Waals surface area contributed by atoms with E-state index in [1.54, 1.807) is 12.1 Å². The molecule has 0 amide bonds. The zero-order valence-electron chi connectivity index (χ0n) is 6.50. The van der Waals surface area contributed by atoms with Crippen LogP contribution in [0.15, 0.2) is 24.3 Å². The fourth-order valence-electron chi connectivity index (χ4n) is 0.798. The zero-order valence-corrected chi connectivity index (χ0v) is 9.41. The fourth-order valence-corrected chi connectivity index (χ4v) is 1.72. The van der Waals surface area contributed by atoms with Crippen molar-refractivity contribution in [2.24, 2.45) is 0 Å². The molecular formula is C9H6ClIO2. The third-order valence-corrected chi connectivity index (χ3v) is 2.37. The molecule has 2 nitrogen and oxygen atoms in total. The zero-order chi connectivity index (χ0) is 9.84. The molecule has 0 aliphatic heterocycles. The van der Waals surface area contributed by atoms with Crippen LogP contribution in [-0.4, -0.2) is 11.1 Å². The van der Waals surface area contributed by atoms with Gasteiger partial charge in [0.05, 0.1) is 0 Å². The number of carboxylic acid groups (broad SMARTS) is 1. The van der Waals surface area contributed by atoms with E-state index in [1.807, 2.05) is 6.07 Å². The van der Waals surface area contributed by atoms with Crippen molar-refractivity contribution in [1.29, 1.82) is 0 Å². The second-order valence-corrected chi connectivity index (χ2v) is 3.99. The van der Waals surface area contributed by atoms with Crippen molar-refractivity contribution in [2.45, 2.75) is 0 Å². The predicted molar refractivity (Wildman–Crippen MR) is 60.8 cm³/mol. The summed E-state index contributed by atoms with van der Waals surface area (Å²) < 4.78 is 1.02. The maximum atomic E-state index is 10.2. The standard InChI is InChI=1S/C9H6ClIO2/c10-8-5-7(11)3-1-6(8)2-4-9(12)13/h1-5H,(H,12,13)/b4-2+. The van der Waals surface area contributed by atoms with Gasteiger partial charge in [-0.15, -0.1) is 0 Å². The Labute approximate surface area is 94.4 Å². The number of benzene rings is 1. The van der Waals surface area contributed by atoms with Crippen molar-refractivity contribution in [1.82, 2.24) is 0 Å². The molecule has 1 aromatic rings. The Hall–Kier alpha value is -0.550. The smallest absolute Gasteiger partial charge is 0.328 e. The second-order valence-electron chi connectivity index (χ2n) is 2.34. The van der Waals surface area contributed by atoms with Crippen molar-refractivity contribution in [3.63, 3.8) is 0 Å². The van der Waals surface area contributed by atoms with Crippen LogP contribution < -0.4 is 0 Å². The molecule has 0 radical (unpaired) electrons. The largest absolute Gasteiger partial charge is 0.478 e. The molecule has 1 N–H and O–H groups in total. The first-order valence-electron chi connectivity index (χ1n) is 3.45. The molecule has 4 heteroatoms. The lowest BCUT2D eigenvalue weighted by Crippen LogP contribution is -1.86. The highest BCUT2D eigenvalue weighted by molar-refractivity contribution is 14.1. The molecule has 13 heavy (non-hydrogen) atoms. The third kappa shape index (κ3) is 3.36. The molecule has 1 aromatic carbocycles. The summed E-state index contributed by atoms with van der Waals surface area (Å²) in [4.78, 5) is 10.2. The average molecular weight is 309 g/mol. The minimum Gasteiger partial charge on any atom is -0.478 e. The highest BCUT2D eigenvalue weighted by atomic mass is 127. The van der Waals surface area contributed by atoms with E-state index in [4.69, 9.17) is 16.7 Å². The van der Waals surface area contributed by atoms with Gasteiger partial charge in [0.2, 0.25) is 0 Å². The monoisotopic (exact) mass is 308 g/mol. The van der Waals surface area contributed by atoms with Crippen molar-refractivity contribution in [3.8, 4) is 0 Å². The van der Waals surface area contributed by atoms with E-state index in [-0.39, 0.29) is 0 Å². The summed E-state index contributed by atoms with van der Waals surface area (Å²) in [5.41, 5.74) is 0.712. The topological polar surface area (TPSA) is 37.3 Å². The van der Waals surface area contributed by atoms with Gasteiger partial charge >= 0.3 is 5.97 Å². The van der Waals surface area contributed by atoms with Crippen LogP contribution in [0.4, 0.5) is 0 Å². The summed E-state index contributed by atoms with van der Waals surface area (Å²) in [6, 6.07) is 5.43. The van der Waals surface area contributed by atoms with Crippen molar-refractivity contribution in [3.05, 3.63) is 38.4 Å². The van der Waals surface area contributed by atoms with Crippen LogP contribution in [0.3, 0.4) is 0 Å². The van der Waals surface area contributed by atoms with Gasteiger partial charge in [0.1, 0.15) is 0 Å². The van der Waals surface area contributed by atoms with Crippen LogP contribution >= 0.6 is 34.2 Å². The number of hydrogen-bond acceptors (Lipinski definition) is 1. The lowest BCUT2D eigenvalue weighted by atomic mass is 10.2. The van der Waals surface area contributed by atoms with Gasteiger partial charge < -0.3 is 5.11 Å². The Morgan fingerprint density at radius 3 is 2.77 bits per heavy atom. The van der Waals surface area contributed by atoms with E-state index < -0.39 is 5.97 Å². The van der Waals surface area contributed by atoms with Crippen LogP contribution in [0.2, 0.25) is 5.02 Å². The molecule has 0 unspecified atom stereocenters. The van der Waals surface area contributed by atoms with Crippen molar-refractivity contribution in [2.75, 3.05) is 0 Å². The molecule has 0 spiro atoms. The SMILES string of the molecule is O=C(O)/C=C/c1ccc(I)cc1Cl. The Kier molecular flexibility index (Phi) is 3.74. The number of hydrogen-bond donors (Lipinski definition) is 1. The molecule has 0 atom stereocenters. The highest BCUT2D eigenvalue weighted by Crippen LogP contribution is 2.20. The first kappa shape index (κ1) is 10.5. The number of halogens is 2. The number of rotatable bonds is 2. The Balaban J connectivity index is 2.96. The molecule has 68 valence electrons. The quantitative estimate of drug-likeness (QED) is 0.673. The molecule has 0 saturated heterocycles. The molecule has 1 rings (SSSR count). The van der Waals surface area contributed by atoms with Gasteiger partial charge in [-0.05, 0) is 46.4 Å². The summed E-state index contributed by atoms with van der Waals surface area (Å²) in [6.45, 7) is 0. The molecule has 0 aliphatic carbocycles. The number of carboxylic acids is 1. The van der Waals surface area contributed by atoms with Gasteiger partial charge in [-0.25, -0.2) is 4.79 Å². The van der Waals surface area contributed by atoms with E-state index in [9.17, 15) is 4.79 Å². The lowest BCUT2D eigenvalue weighted by molar-refractivity contribution is -0.131. The third-order valence-electron chi connectivity index (χ3n) is 1.37. The van der Waals surface area contributed by atoms with Crippen LogP contribution in [-0.2, 0) is 4.79 Å². The first-order valence-corrected chi connectivity index (χ1v) is 4.91. The fraction of sp³-hybridized carbons (Fsp3) is 0. The Morgan fingerprint density at radius 1 is 1.54 bits per heavy atom. The van der Waals surface area contributed by atoms with Gasteiger partial charge in [0, 0.05) is 14.7 Å². The minimum absolute atomic E-state index is 0.560. The van der Waals surface area contributed by atoms with Crippen LogP contribution in [0, 0.1) is 3.57 Å². The van der Waals surface area contributed by atoms with E-state index >= 15 is 0 Å². The summed E-state index contributed by atoms with van der Waals surface area (Å²) in [7, 11) is 0. The lowest BCUT2D eigenvalue weighted by Gasteiger charge is -1.97. The second kappa shape index (κ2) is 4.62. The van der Waals surface area contributed by atoms with E-state index in [0.717, 1.165) is 9.65 Å². The van der Waals surface area contributed by atoms with Gasteiger partial charge in [-0.3, -0.25) is 0 Å². The van der Waals surface area contributed by atoms with Crippen molar-refractivity contribution >= 4 is 46.2 Å². The van der Waals surface area contributed by atoms with Crippen LogP contribution in [0.5, 0.6) is 0 Å². The van der Waals surface area contributed by atoms with E-state index in [0.29, 0.717) is 10.6 Å². The molecule has 0 heterocycles. The highest BCUT2D eigenvalue weighted by Gasteiger charge is 1.97. The maximum absolute atomic E-state index is 10.2. The normalized spacial score (nSPS) is 10.6. The van der Waals surface area contributed by atoms with Crippen molar-refractivity contribution < 1.29 is 9.90 Å². The molecule has 0 bridgehead atoms. The Morgan fingerprint density at radius 2 is 2.23 bits per heavy atom. The summed E-state index contributed by atoms with van der Waals surface area (Å²) in [5.74, 6) is -0.977. The Bertz CT molecular complexity index is 361. The summed E-state index contributed by atoms with van der Waals surface area (Å²) >= 11 is 8.00. The average Bonchev–Trinajstić information content (AvgIpc) is 2.02. The van der Waals surface area contributed by atoms with Gasteiger partial charge in [-0.1, -0.05) is 17.7 Å². The van der Waals surface area contributed by atoms with E-state index in [1.165, 1.54) is 6.08 Å². The molecule has 0 aliphatic rings. The number of aliphatic carboxylic acids is 1.